The SMILES string of the molecule is OC(Cc1c(F)cccc1F)C1CCOC2(CCSC2)C1. The van der Waals surface area contributed by atoms with Crippen LogP contribution in [0.25, 0.3) is 0 Å². The summed E-state index contributed by atoms with van der Waals surface area (Å²) in [6.07, 6.45) is 1.87. The highest BCUT2D eigenvalue weighted by molar-refractivity contribution is 7.99. The number of thioether (sulfide) groups is 1. The van der Waals surface area contributed by atoms with E-state index in [4.69, 9.17) is 4.74 Å². The Hall–Kier alpha value is -0.650. The van der Waals surface area contributed by atoms with E-state index in [2.05, 4.69) is 0 Å². The van der Waals surface area contributed by atoms with Gasteiger partial charge in [-0.1, -0.05) is 6.07 Å². The van der Waals surface area contributed by atoms with Crippen molar-refractivity contribution in [3.05, 3.63) is 35.4 Å². The molecule has 1 aromatic rings. The first kappa shape index (κ1) is 15.3. The summed E-state index contributed by atoms with van der Waals surface area (Å²) in [5.74, 6) is 0.950. The molecular weight excluding hydrogens is 294 g/mol. The Labute approximate surface area is 127 Å². The minimum Gasteiger partial charge on any atom is -0.392 e. The van der Waals surface area contributed by atoms with Crippen molar-refractivity contribution in [1.82, 2.24) is 0 Å². The predicted octanol–water partition coefficient (Wildman–Crippen LogP) is 3.17. The van der Waals surface area contributed by atoms with Crippen LogP contribution in [0, 0.1) is 17.6 Å². The molecule has 5 heteroatoms. The lowest BCUT2D eigenvalue weighted by atomic mass is 9.80. The van der Waals surface area contributed by atoms with Crippen LogP contribution in [0.5, 0.6) is 0 Å². The van der Waals surface area contributed by atoms with E-state index in [-0.39, 0.29) is 23.5 Å². The molecule has 2 aliphatic rings. The summed E-state index contributed by atoms with van der Waals surface area (Å²) in [4.78, 5) is 0. The molecule has 0 saturated carbocycles. The molecule has 2 nitrogen and oxygen atoms in total. The molecule has 1 spiro atoms. The van der Waals surface area contributed by atoms with Crippen LogP contribution in [-0.4, -0.2) is 34.9 Å². The minimum absolute atomic E-state index is 0.00802. The standard InChI is InChI=1S/C16H20F2O2S/c17-13-2-1-3-14(18)12(13)8-15(19)11-4-6-20-16(9-11)5-7-21-10-16/h1-3,11,15,19H,4-10H2. The van der Waals surface area contributed by atoms with Crippen molar-refractivity contribution in [3.8, 4) is 0 Å². The third-order valence-corrected chi connectivity index (χ3v) is 5.84. The number of ether oxygens (including phenoxy) is 1. The zero-order valence-corrected chi connectivity index (χ0v) is 12.7. The van der Waals surface area contributed by atoms with Gasteiger partial charge in [0.25, 0.3) is 0 Å². The van der Waals surface area contributed by atoms with Crippen LogP contribution >= 0.6 is 11.8 Å². The van der Waals surface area contributed by atoms with Gasteiger partial charge in [0.05, 0.1) is 11.7 Å². The van der Waals surface area contributed by atoms with Crippen LogP contribution in [0.2, 0.25) is 0 Å². The molecule has 3 unspecified atom stereocenters. The summed E-state index contributed by atoms with van der Waals surface area (Å²) < 4.78 is 33.3. The van der Waals surface area contributed by atoms with Crippen LogP contribution in [0.3, 0.4) is 0 Å². The Bertz CT molecular complexity index is 483. The Morgan fingerprint density at radius 2 is 2.14 bits per heavy atom. The van der Waals surface area contributed by atoms with E-state index in [1.165, 1.54) is 18.2 Å². The van der Waals surface area contributed by atoms with Crippen molar-refractivity contribution in [3.63, 3.8) is 0 Å². The maximum absolute atomic E-state index is 13.7. The van der Waals surface area contributed by atoms with Crippen molar-refractivity contribution in [1.29, 1.82) is 0 Å². The molecule has 0 aromatic heterocycles. The molecule has 116 valence electrons. The highest BCUT2D eigenvalue weighted by Crippen LogP contribution is 2.41. The molecule has 2 aliphatic heterocycles. The lowest BCUT2D eigenvalue weighted by molar-refractivity contribution is -0.101. The number of hydrogen-bond acceptors (Lipinski definition) is 3. The molecule has 3 rings (SSSR count). The molecule has 0 aliphatic carbocycles. The smallest absolute Gasteiger partial charge is 0.129 e. The van der Waals surface area contributed by atoms with Gasteiger partial charge >= 0.3 is 0 Å². The van der Waals surface area contributed by atoms with Crippen LogP contribution in [-0.2, 0) is 11.2 Å². The first-order chi connectivity index (χ1) is 10.1. The van der Waals surface area contributed by atoms with Crippen molar-refractivity contribution < 1.29 is 18.6 Å². The molecule has 1 aromatic carbocycles. The second-order valence-corrected chi connectivity index (χ2v) is 7.16. The normalized spacial score (nSPS) is 30.7. The van der Waals surface area contributed by atoms with Gasteiger partial charge < -0.3 is 9.84 Å². The van der Waals surface area contributed by atoms with E-state index >= 15 is 0 Å². The van der Waals surface area contributed by atoms with Crippen molar-refractivity contribution in [2.24, 2.45) is 5.92 Å². The summed E-state index contributed by atoms with van der Waals surface area (Å²) in [7, 11) is 0. The molecular formula is C16H20F2O2S. The number of hydrogen-bond donors (Lipinski definition) is 1. The fourth-order valence-electron chi connectivity index (χ4n) is 3.36. The highest BCUT2D eigenvalue weighted by Gasteiger charge is 2.42. The molecule has 0 bridgehead atoms. The first-order valence-electron chi connectivity index (χ1n) is 7.42. The first-order valence-corrected chi connectivity index (χ1v) is 8.58. The topological polar surface area (TPSA) is 29.5 Å². The molecule has 2 heterocycles. The van der Waals surface area contributed by atoms with E-state index in [1.807, 2.05) is 11.8 Å². The van der Waals surface area contributed by atoms with Crippen molar-refractivity contribution >= 4 is 11.8 Å². The second-order valence-electron chi connectivity index (χ2n) is 6.06. The fraction of sp³-hybridized carbons (Fsp3) is 0.625. The van der Waals surface area contributed by atoms with Crippen LogP contribution in [0.4, 0.5) is 8.78 Å². The third kappa shape index (κ3) is 3.25. The molecule has 21 heavy (non-hydrogen) atoms. The largest absolute Gasteiger partial charge is 0.392 e. The minimum atomic E-state index is -0.720. The van der Waals surface area contributed by atoms with Gasteiger partial charge in [0, 0.05) is 24.3 Å². The summed E-state index contributed by atoms with van der Waals surface area (Å²) >= 11 is 1.88. The number of rotatable bonds is 3. The van der Waals surface area contributed by atoms with Crippen molar-refractivity contribution in [2.45, 2.75) is 37.4 Å². The molecule has 2 fully saturated rings. The summed E-state index contributed by atoms with van der Waals surface area (Å²) in [6, 6.07) is 3.83. The summed E-state index contributed by atoms with van der Waals surface area (Å²) in [5.41, 5.74) is -0.131. The zero-order chi connectivity index (χ0) is 14.9. The number of halogens is 2. The monoisotopic (exact) mass is 314 g/mol. The number of benzene rings is 1. The van der Waals surface area contributed by atoms with E-state index in [0.717, 1.165) is 30.8 Å². The van der Waals surface area contributed by atoms with Gasteiger partial charge in [-0.15, -0.1) is 0 Å². The molecule has 1 N–H and O–H groups in total. The van der Waals surface area contributed by atoms with Gasteiger partial charge in [-0.3, -0.25) is 0 Å². The molecule has 3 atom stereocenters. The fourth-order valence-corrected chi connectivity index (χ4v) is 4.74. The van der Waals surface area contributed by atoms with E-state index in [1.54, 1.807) is 0 Å². The van der Waals surface area contributed by atoms with E-state index < -0.39 is 17.7 Å². The van der Waals surface area contributed by atoms with Gasteiger partial charge in [-0.25, -0.2) is 8.78 Å². The summed E-state index contributed by atoms with van der Waals surface area (Å²) in [5, 5.41) is 10.4. The second kappa shape index (κ2) is 6.23. The van der Waals surface area contributed by atoms with E-state index in [9.17, 15) is 13.9 Å². The Kier molecular flexibility index (Phi) is 4.52. The van der Waals surface area contributed by atoms with Gasteiger partial charge in [0.1, 0.15) is 11.6 Å². The van der Waals surface area contributed by atoms with Crippen LogP contribution < -0.4 is 0 Å². The lowest BCUT2D eigenvalue weighted by Crippen LogP contribution is -2.43. The number of aliphatic hydroxyl groups excluding tert-OH is 1. The van der Waals surface area contributed by atoms with Crippen LogP contribution in [0.15, 0.2) is 18.2 Å². The Morgan fingerprint density at radius 1 is 1.38 bits per heavy atom. The maximum Gasteiger partial charge on any atom is 0.129 e. The lowest BCUT2D eigenvalue weighted by Gasteiger charge is -2.39. The zero-order valence-electron chi connectivity index (χ0n) is 11.9. The Morgan fingerprint density at radius 3 is 2.81 bits per heavy atom. The Balaban J connectivity index is 1.69. The maximum atomic E-state index is 13.7. The van der Waals surface area contributed by atoms with Crippen LogP contribution in [0.1, 0.15) is 24.8 Å². The predicted molar refractivity (Wildman–Crippen MR) is 79.4 cm³/mol. The molecule has 2 saturated heterocycles. The van der Waals surface area contributed by atoms with Gasteiger partial charge in [0.2, 0.25) is 0 Å². The highest BCUT2D eigenvalue weighted by atomic mass is 32.2. The molecule has 0 radical (unpaired) electrons. The average molecular weight is 314 g/mol. The van der Waals surface area contributed by atoms with E-state index in [0.29, 0.717) is 6.61 Å². The van der Waals surface area contributed by atoms with Gasteiger partial charge in [0.15, 0.2) is 0 Å². The van der Waals surface area contributed by atoms with Gasteiger partial charge in [-0.05, 0) is 43.1 Å². The average Bonchev–Trinajstić information content (AvgIpc) is 2.91. The van der Waals surface area contributed by atoms with Crippen molar-refractivity contribution in [2.75, 3.05) is 18.1 Å². The van der Waals surface area contributed by atoms with Gasteiger partial charge in [-0.2, -0.15) is 11.8 Å². The third-order valence-electron chi connectivity index (χ3n) is 4.62. The molecule has 0 amide bonds. The number of aliphatic hydroxyl groups is 1. The quantitative estimate of drug-likeness (QED) is 0.929. The summed E-state index contributed by atoms with van der Waals surface area (Å²) in [6.45, 7) is 0.627.